The molecule has 3 aliphatic rings. The summed E-state index contributed by atoms with van der Waals surface area (Å²) in [4.78, 5) is 26.7. The van der Waals surface area contributed by atoms with Crippen molar-refractivity contribution in [2.75, 3.05) is 39.4 Å². The van der Waals surface area contributed by atoms with E-state index in [0.29, 0.717) is 18.5 Å². The van der Waals surface area contributed by atoms with E-state index in [1.165, 1.54) is 5.56 Å². The molecule has 6 nitrogen and oxygen atoms in total. The summed E-state index contributed by atoms with van der Waals surface area (Å²) in [7, 11) is 0. The first-order chi connectivity index (χ1) is 14.7. The summed E-state index contributed by atoms with van der Waals surface area (Å²) in [5.74, 6) is -2.16. The van der Waals surface area contributed by atoms with Crippen LogP contribution in [0.2, 0.25) is 0 Å². The van der Waals surface area contributed by atoms with Gasteiger partial charge in [-0.05, 0) is 18.4 Å². The van der Waals surface area contributed by atoms with Crippen molar-refractivity contribution in [3.05, 3.63) is 48.6 Å². The fourth-order valence-electron chi connectivity index (χ4n) is 4.80. The summed E-state index contributed by atoms with van der Waals surface area (Å²) in [6.45, 7) is 8.81. The van der Waals surface area contributed by atoms with Crippen molar-refractivity contribution >= 4 is 11.9 Å². The van der Waals surface area contributed by atoms with Crippen molar-refractivity contribution in [2.24, 2.45) is 5.41 Å². The molecule has 9 heteroatoms. The van der Waals surface area contributed by atoms with E-state index in [9.17, 15) is 18.0 Å². The number of nitrogens with zero attached hydrogens (tertiary/aromatic N) is 2. The lowest BCUT2D eigenvalue weighted by molar-refractivity contribution is -0.192. The van der Waals surface area contributed by atoms with Gasteiger partial charge in [-0.15, -0.1) is 6.58 Å². The molecule has 1 amide bonds. The summed E-state index contributed by atoms with van der Waals surface area (Å²) in [6, 6.07) is 11.1. The number of halogens is 3. The summed E-state index contributed by atoms with van der Waals surface area (Å²) < 4.78 is 37.3. The summed E-state index contributed by atoms with van der Waals surface area (Å²) in [5.41, 5.74) is 1.03. The Hall–Kier alpha value is -2.39. The Labute approximate surface area is 179 Å². The number of carbonyl (C=O) groups is 2. The van der Waals surface area contributed by atoms with Gasteiger partial charge in [-0.25, -0.2) is 4.79 Å². The number of hydrogen-bond acceptors (Lipinski definition) is 4. The lowest BCUT2D eigenvalue weighted by Gasteiger charge is -2.29. The third-order valence-corrected chi connectivity index (χ3v) is 6.33. The van der Waals surface area contributed by atoms with Crippen LogP contribution in [0.15, 0.2) is 43.0 Å². The molecule has 0 bridgehead atoms. The minimum atomic E-state index is -5.08. The number of ether oxygens (including phenoxy) is 1. The first kappa shape index (κ1) is 23.3. The number of carboxylic acid groups (broad SMARTS) is 1. The number of aliphatic carboxylic acids is 1. The second kappa shape index (κ2) is 9.40. The maximum absolute atomic E-state index is 13.3. The Morgan fingerprint density at radius 2 is 2.00 bits per heavy atom. The van der Waals surface area contributed by atoms with Crippen LogP contribution < -0.4 is 0 Å². The molecule has 0 radical (unpaired) electrons. The standard InChI is InChI=1S/C20H26N2O2.C2HF3O2/c1-2-10-21-11-9-20(19(21)23)15-22(17-8-12-24-14-17)13-18(20)16-6-4-3-5-7-16;3-2(4,5)1(6)7/h2-7,17-18H,1,8-15H2;(H,6,7)/t17?,18-,20+;/m0./s1. The molecule has 3 aliphatic heterocycles. The van der Waals surface area contributed by atoms with Crippen molar-refractivity contribution < 1.29 is 32.6 Å². The molecule has 31 heavy (non-hydrogen) atoms. The number of amides is 1. The Kier molecular flexibility index (Phi) is 7.06. The lowest BCUT2D eigenvalue weighted by Crippen LogP contribution is -2.41. The maximum atomic E-state index is 13.3. The Morgan fingerprint density at radius 3 is 2.55 bits per heavy atom. The van der Waals surface area contributed by atoms with E-state index >= 15 is 0 Å². The zero-order chi connectivity index (χ0) is 22.6. The van der Waals surface area contributed by atoms with Gasteiger partial charge in [0.2, 0.25) is 5.91 Å². The Bertz CT molecular complexity index is 796. The molecule has 1 aromatic rings. The SMILES string of the molecule is C=CCN1CC[C@]2(CN(C3CCOC3)C[C@H]2c2ccccc2)C1=O.O=C(O)C(F)(F)F. The van der Waals surface area contributed by atoms with Gasteiger partial charge in [0.05, 0.1) is 12.0 Å². The Morgan fingerprint density at radius 1 is 1.32 bits per heavy atom. The van der Waals surface area contributed by atoms with Crippen LogP contribution in [-0.4, -0.2) is 78.4 Å². The van der Waals surface area contributed by atoms with Gasteiger partial charge in [-0.2, -0.15) is 13.2 Å². The molecule has 1 unspecified atom stereocenters. The fourth-order valence-corrected chi connectivity index (χ4v) is 4.80. The van der Waals surface area contributed by atoms with E-state index in [1.807, 2.05) is 17.0 Å². The fraction of sp³-hybridized carbons (Fsp3) is 0.545. The number of carboxylic acids is 1. The van der Waals surface area contributed by atoms with Gasteiger partial charge in [-0.3, -0.25) is 9.69 Å². The van der Waals surface area contributed by atoms with E-state index in [2.05, 4.69) is 35.7 Å². The topological polar surface area (TPSA) is 70.1 Å². The molecule has 0 aliphatic carbocycles. The highest BCUT2D eigenvalue weighted by atomic mass is 19.4. The molecular formula is C22H27F3N2O4. The number of alkyl halides is 3. The second-order valence-corrected chi connectivity index (χ2v) is 8.16. The third-order valence-electron chi connectivity index (χ3n) is 6.33. The molecule has 1 aromatic carbocycles. The minimum absolute atomic E-state index is 0.271. The largest absolute Gasteiger partial charge is 0.490 e. The highest BCUT2D eigenvalue weighted by Crippen LogP contribution is 2.50. The van der Waals surface area contributed by atoms with E-state index in [0.717, 1.165) is 45.7 Å². The molecule has 1 spiro atoms. The predicted octanol–water partition coefficient (Wildman–Crippen LogP) is 2.91. The average Bonchev–Trinajstić information content (AvgIpc) is 3.45. The highest BCUT2D eigenvalue weighted by molar-refractivity contribution is 5.87. The van der Waals surface area contributed by atoms with Crippen LogP contribution in [0.3, 0.4) is 0 Å². The van der Waals surface area contributed by atoms with E-state index in [-0.39, 0.29) is 11.3 Å². The monoisotopic (exact) mass is 440 g/mol. The van der Waals surface area contributed by atoms with Gasteiger partial charge in [0.15, 0.2) is 0 Å². The molecule has 3 saturated heterocycles. The van der Waals surface area contributed by atoms with Crippen molar-refractivity contribution in [1.29, 1.82) is 0 Å². The van der Waals surface area contributed by atoms with Crippen LogP contribution in [0.25, 0.3) is 0 Å². The van der Waals surface area contributed by atoms with Crippen LogP contribution in [0.1, 0.15) is 24.3 Å². The molecular weight excluding hydrogens is 413 g/mol. The molecule has 3 heterocycles. The van der Waals surface area contributed by atoms with Crippen LogP contribution in [0.4, 0.5) is 13.2 Å². The van der Waals surface area contributed by atoms with E-state index in [4.69, 9.17) is 14.6 Å². The molecule has 0 saturated carbocycles. The first-order valence-electron chi connectivity index (χ1n) is 10.3. The van der Waals surface area contributed by atoms with Crippen LogP contribution >= 0.6 is 0 Å². The average molecular weight is 440 g/mol. The van der Waals surface area contributed by atoms with Crippen LogP contribution in [-0.2, 0) is 14.3 Å². The first-order valence-corrected chi connectivity index (χ1v) is 10.3. The zero-order valence-corrected chi connectivity index (χ0v) is 17.2. The van der Waals surface area contributed by atoms with Gasteiger partial charge in [0, 0.05) is 44.7 Å². The number of benzene rings is 1. The van der Waals surface area contributed by atoms with Crippen molar-refractivity contribution in [2.45, 2.75) is 31.0 Å². The number of carbonyl (C=O) groups excluding carboxylic acids is 1. The number of hydrogen-bond donors (Lipinski definition) is 1. The van der Waals surface area contributed by atoms with Gasteiger partial charge < -0.3 is 14.7 Å². The summed E-state index contributed by atoms with van der Waals surface area (Å²) >= 11 is 0. The van der Waals surface area contributed by atoms with Crippen LogP contribution in [0.5, 0.6) is 0 Å². The van der Waals surface area contributed by atoms with Crippen molar-refractivity contribution in [1.82, 2.24) is 9.80 Å². The molecule has 4 rings (SSSR count). The van der Waals surface area contributed by atoms with Gasteiger partial charge in [0.1, 0.15) is 0 Å². The summed E-state index contributed by atoms with van der Waals surface area (Å²) in [5, 5.41) is 7.12. The normalized spacial score (nSPS) is 28.6. The summed E-state index contributed by atoms with van der Waals surface area (Å²) in [6.07, 6.45) is -1.21. The van der Waals surface area contributed by atoms with E-state index < -0.39 is 12.1 Å². The molecule has 3 fully saturated rings. The second-order valence-electron chi connectivity index (χ2n) is 8.16. The molecule has 1 N–H and O–H groups in total. The van der Waals surface area contributed by atoms with Crippen LogP contribution in [0, 0.1) is 5.41 Å². The van der Waals surface area contributed by atoms with Crippen molar-refractivity contribution in [3.8, 4) is 0 Å². The van der Waals surface area contributed by atoms with Gasteiger partial charge in [0.25, 0.3) is 0 Å². The quantitative estimate of drug-likeness (QED) is 0.730. The lowest BCUT2D eigenvalue weighted by atomic mass is 9.73. The minimum Gasteiger partial charge on any atom is -0.475 e. The van der Waals surface area contributed by atoms with E-state index in [1.54, 1.807) is 0 Å². The van der Waals surface area contributed by atoms with Crippen molar-refractivity contribution in [3.63, 3.8) is 0 Å². The molecule has 170 valence electrons. The maximum Gasteiger partial charge on any atom is 0.490 e. The third kappa shape index (κ3) is 4.93. The zero-order valence-electron chi connectivity index (χ0n) is 17.2. The van der Waals surface area contributed by atoms with Gasteiger partial charge >= 0.3 is 12.1 Å². The number of likely N-dealkylation sites (tertiary alicyclic amines) is 2. The highest BCUT2D eigenvalue weighted by Gasteiger charge is 2.57. The van der Waals surface area contributed by atoms with Gasteiger partial charge in [-0.1, -0.05) is 36.4 Å². The molecule has 0 aromatic heterocycles. The Balaban J connectivity index is 0.000000339. The number of rotatable bonds is 4. The molecule has 3 atom stereocenters. The smallest absolute Gasteiger partial charge is 0.475 e. The predicted molar refractivity (Wildman–Crippen MR) is 107 cm³/mol.